The number of pyridine rings is 2. The molecule has 0 amide bonds. The maximum absolute atomic E-state index is 13.6. The second-order valence-corrected chi connectivity index (χ2v) is 7.47. The van der Waals surface area contributed by atoms with Crippen LogP contribution in [0, 0.1) is 5.82 Å². The van der Waals surface area contributed by atoms with Gasteiger partial charge in [-0.25, -0.2) is 14.4 Å². The van der Waals surface area contributed by atoms with E-state index in [2.05, 4.69) is 36.3 Å². The molecule has 0 radical (unpaired) electrons. The molecule has 0 saturated carbocycles. The Bertz CT molecular complexity index is 1390. The summed E-state index contributed by atoms with van der Waals surface area (Å²) in [6, 6.07) is 12.0. The van der Waals surface area contributed by atoms with Gasteiger partial charge >= 0.3 is 0 Å². The molecule has 148 valence electrons. The third-order valence-electron chi connectivity index (χ3n) is 4.75. The third kappa shape index (κ3) is 3.22. The third-order valence-corrected chi connectivity index (χ3v) is 5.61. The number of benzene rings is 1. The summed E-state index contributed by atoms with van der Waals surface area (Å²) in [5.74, 6) is 0.860. The van der Waals surface area contributed by atoms with Crippen LogP contribution >= 0.6 is 15.9 Å². The van der Waals surface area contributed by atoms with Gasteiger partial charge < -0.3 is 11.1 Å². The summed E-state index contributed by atoms with van der Waals surface area (Å²) < 4.78 is 15.9. The Kier molecular flexibility index (Phi) is 4.51. The van der Waals surface area contributed by atoms with E-state index in [0.717, 1.165) is 16.9 Å². The topological polar surface area (TPSA) is 94.0 Å². The van der Waals surface area contributed by atoms with Crippen LogP contribution in [0.2, 0.25) is 0 Å². The van der Waals surface area contributed by atoms with E-state index in [4.69, 9.17) is 10.7 Å². The Labute approximate surface area is 178 Å². The number of rotatable bonds is 4. The van der Waals surface area contributed by atoms with Crippen molar-refractivity contribution in [2.45, 2.75) is 6.54 Å². The second-order valence-electron chi connectivity index (χ2n) is 6.68. The first-order valence-corrected chi connectivity index (χ1v) is 9.91. The lowest BCUT2D eigenvalue weighted by molar-refractivity contribution is 0.629. The van der Waals surface area contributed by atoms with Gasteiger partial charge in [0.15, 0.2) is 5.65 Å². The van der Waals surface area contributed by atoms with Crippen LogP contribution in [0.4, 0.5) is 16.0 Å². The number of nitrogens with two attached hydrogens (primary N) is 1. The summed E-state index contributed by atoms with van der Waals surface area (Å²) >= 11 is 3.52. The molecule has 0 aliphatic carbocycles. The van der Waals surface area contributed by atoms with E-state index in [1.807, 2.05) is 24.3 Å². The van der Waals surface area contributed by atoms with Crippen molar-refractivity contribution in [2.75, 3.05) is 11.1 Å². The zero-order valence-corrected chi connectivity index (χ0v) is 17.1. The minimum absolute atomic E-state index is 0.310. The molecule has 1 aromatic carbocycles. The molecule has 5 aromatic rings. The smallest absolute Gasteiger partial charge is 0.165 e. The number of nitrogens with one attached hydrogen (secondary N) is 1. The van der Waals surface area contributed by atoms with Crippen LogP contribution in [0.5, 0.6) is 0 Å². The van der Waals surface area contributed by atoms with E-state index in [9.17, 15) is 4.39 Å². The predicted octanol–water partition coefficient (Wildman–Crippen LogP) is 4.44. The number of nitrogens with zero attached hydrogens (tertiary/aromatic N) is 5. The normalized spacial score (nSPS) is 11.3. The Morgan fingerprint density at radius 3 is 2.83 bits per heavy atom. The first kappa shape index (κ1) is 18.4. The van der Waals surface area contributed by atoms with Gasteiger partial charge in [0, 0.05) is 28.9 Å². The molecule has 0 aliphatic heterocycles. The highest BCUT2D eigenvalue weighted by atomic mass is 79.9. The Morgan fingerprint density at radius 1 is 1.10 bits per heavy atom. The largest absolute Gasteiger partial charge is 0.383 e. The van der Waals surface area contributed by atoms with Crippen LogP contribution in [0.1, 0.15) is 5.69 Å². The van der Waals surface area contributed by atoms with Crippen molar-refractivity contribution in [3.63, 3.8) is 0 Å². The highest BCUT2D eigenvalue weighted by Crippen LogP contribution is 2.31. The van der Waals surface area contributed by atoms with Gasteiger partial charge in [0.1, 0.15) is 17.5 Å². The van der Waals surface area contributed by atoms with E-state index in [1.165, 1.54) is 12.1 Å². The number of halogens is 2. The van der Waals surface area contributed by atoms with E-state index >= 15 is 0 Å². The second kappa shape index (κ2) is 7.34. The number of hydrogen-bond donors (Lipinski definition) is 2. The van der Waals surface area contributed by atoms with Crippen molar-refractivity contribution >= 4 is 44.1 Å². The lowest BCUT2D eigenvalue weighted by Gasteiger charge is -2.11. The summed E-state index contributed by atoms with van der Waals surface area (Å²) in [7, 11) is 0. The monoisotopic (exact) mass is 463 g/mol. The SMILES string of the molecule is Nc1c(Br)c(CNc2ccccn2)nc2c(-c3cnc4ccc(F)cc4c3)cnn12. The van der Waals surface area contributed by atoms with Gasteiger partial charge in [-0.2, -0.15) is 9.61 Å². The molecule has 0 atom stereocenters. The van der Waals surface area contributed by atoms with Gasteiger partial charge in [0.05, 0.1) is 28.4 Å². The summed E-state index contributed by atoms with van der Waals surface area (Å²) in [4.78, 5) is 13.5. The lowest BCUT2D eigenvalue weighted by atomic mass is 10.1. The Balaban J connectivity index is 1.59. The minimum Gasteiger partial charge on any atom is -0.383 e. The van der Waals surface area contributed by atoms with Gasteiger partial charge in [-0.15, -0.1) is 0 Å². The first-order chi connectivity index (χ1) is 14.6. The van der Waals surface area contributed by atoms with Gasteiger partial charge in [0.25, 0.3) is 0 Å². The zero-order valence-electron chi connectivity index (χ0n) is 15.5. The molecule has 0 saturated heterocycles. The average molecular weight is 464 g/mol. The molecular weight excluding hydrogens is 449 g/mol. The molecule has 3 N–H and O–H groups in total. The molecule has 5 rings (SSSR count). The van der Waals surface area contributed by atoms with Crippen molar-refractivity contribution in [1.29, 1.82) is 0 Å². The van der Waals surface area contributed by atoms with Crippen LogP contribution in [-0.4, -0.2) is 24.6 Å². The highest BCUT2D eigenvalue weighted by molar-refractivity contribution is 9.10. The predicted molar refractivity (Wildman–Crippen MR) is 117 cm³/mol. The van der Waals surface area contributed by atoms with Gasteiger partial charge in [-0.1, -0.05) is 6.07 Å². The van der Waals surface area contributed by atoms with E-state index in [0.29, 0.717) is 39.1 Å². The first-order valence-electron chi connectivity index (χ1n) is 9.12. The van der Waals surface area contributed by atoms with E-state index in [1.54, 1.807) is 29.2 Å². The Hall–Kier alpha value is -3.59. The molecule has 4 heterocycles. The quantitative estimate of drug-likeness (QED) is 0.409. The van der Waals surface area contributed by atoms with Crippen LogP contribution in [-0.2, 0) is 6.54 Å². The standard InChI is InChI=1S/C21H15BrFN7/c22-19-17(11-27-18-3-1-2-6-25-18)29-21-15(10-28-30(21)20(19)24)13-7-12-8-14(23)4-5-16(12)26-9-13/h1-10H,11,24H2,(H,25,27). The Morgan fingerprint density at radius 2 is 2.00 bits per heavy atom. The van der Waals surface area contributed by atoms with Crippen molar-refractivity contribution in [2.24, 2.45) is 0 Å². The van der Waals surface area contributed by atoms with Crippen LogP contribution in [0.15, 0.2) is 65.5 Å². The zero-order chi connectivity index (χ0) is 20.7. The fraction of sp³-hybridized carbons (Fsp3) is 0.0476. The summed E-state index contributed by atoms with van der Waals surface area (Å²) in [5.41, 5.74) is 9.85. The maximum atomic E-state index is 13.6. The molecule has 0 aliphatic rings. The van der Waals surface area contributed by atoms with Crippen molar-refractivity contribution in [1.82, 2.24) is 24.6 Å². The number of anilines is 2. The fourth-order valence-electron chi connectivity index (χ4n) is 3.26. The lowest BCUT2D eigenvalue weighted by Crippen LogP contribution is -2.09. The van der Waals surface area contributed by atoms with Crippen LogP contribution in [0.25, 0.3) is 27.7 Å². The van der Waals surface area contributed by atoms with E-state index < -0.39 is 0 Å². The van der Waals surface area contributed by atoms with Gasteiger partial charge in [-0.3, -0.25) is 4.98 Å². The number of fused-ring (bicyclic) bond motifs is 2. The molecular formula is C21H15BrFN7. The molecule has 30 heavy (non-hydrogen) atoms. The average Bonchev–Trinajstić information content (AvgIpc) is 3.19. The number of hydrogen-bond acceptors (Lipinski definition) is 6. The van der Waals surface area contributed by atoms with Crippen LogP contribution in [0.3, 0.4) is 0 Å². The molecule has 9 heteroatoms. The van der Waals surface area contributed by atoms with Crippen molar-refractivity contribution < 1.29 is 4.39 Å². The fourth-order valence-corrected chi connectivity index (χ4v) is 3.65. The van der Waals surface area contributed by atoms with Gasteiger partial charge in [0.2, 0.25) is 0 Å². The molecule has 0 spiro atoms. The maximum Gasteiger partial charge on any atom is 0.165 e. The van der Waals surface area contributed by atoms with E-state index in [-0.39, 0.29) is 5.82 Å². The molecule has 4 aromatic heterocycles. The number of nitrogen functional groups attached to an aromatic ring is 1. The van der Waals surface area contributed by atoms with Crippen LogP contribution < -0.4 is 11.1 Å². The minimum atomic E-state index is -0.310. The molecule has 0 unspecified atom stereocenters. The van der Waals surface area contributed by atoms with Crippen molar-refractivity contribution in [3.8, 4) is 11.1 Å². The highest BCUT2D eigenvalue weighted by Gasteiger charge is 2.17. The summed E-state index contributed by atoms with van der Waals surface area (Å²) in [6.45, 7) is 0.421. The molecule has 7 nitrogen and oxygen atoms in total. The molecule has 0 fully saturated rings. The van der Waals surface area contributed by atoms with Gasteiger partial charge in [-0.05, 0) is 52.3 Å². The summed E-state index contributed by atoms with van der Waals surface area (Å²) in [5, 5.41) is 8.31. The van der Waals surface area contributed by atoms with Crippen molar-refractivity contribution in [3.05, 3.63) is 77.0 Å². The number of aromatic nitrogens is 5. The summed E-state index contributed by atoms with van der Waals surface area (Å²) in [6.07, 6.45) is 5.12. The molecule has 0 bridgehead atoms.